The van der Waals surface area contributed by atoms with Gasteiger partial charge in [-0.3, -0.25) is 4.79 Å². The van der Waals surface area contributed by atoms with Gasteiger partial charge in [0.25, 0.3) is 5.91 Å². The molecule has 3 heteroatoms. The summed E-state index contributed by atoms with van der Waals surface area (Å²) in [6.07, 6.45) is 0. The van der Waals surface area contributed by atoms with Crippen molar-refractivity contribution in [1.29, 1.82) is 0 Å². The van der Waals surface area contributed by atoms with Gasteiger partial charge in [0.15, 0.2) is 0 Å². The molecule has 0 aromatic heterocycles. The smallest absolute Gasteiger partial charge is 0.252 e. The van der Waals surface area contributed by atoms with Gasteiger partial charge >= 0.3 is 0 Å². The number of hydrogen-bond donors (Lipinski definition) is 0. The molecule has 1 amide bonds. The maximum Gasteiger partial charge on any atom is 0.252 e. The number of anilines is 1. The Morgan fingerprint density at radius 2 is 2.07 bits per heavy atom. The van der Waals surface area contributed by atoms with Crippen molar-refractivity contribution in [3.8, 4) is 0 Å². The van der Waals surface area contributed by atoms with Gasteiger partial charge in [-0.2, -0.15) is 0 Å². The van der Waals surface area contributed by atoms with Gasteiger partial charge in [0.2, 0.25) is 0 Å². The summed E-state index contributed by atoms with van der Waals surface area (Å²) in [7, 11) is 1.53. The Morgan fingerprint density at radius 3 is 2.60 bits per heavy atom. The van der Waals surface area contributed by atoms with E-state index in [1.165, 1.54) is 7.11 Å². The van der Waals surface area contributed by atoms with E-state index < -0.39 is 0 Å². The topological polar surface area (TPSA) is 29.5 Å². The fourth-order valence-electron chi connectivity index (χ4n) is 1.55. The van der Waals surface area contributed by atoms with E-state index in [4.69, 9.17) is 4.74 Å². The Hall–Kier alpha value is -1.35. The van der Waals surface area contributed by atoms with Crippen LogP contribution in [-0.4, -0.2) is 26.2 Å². The Kier molecular flexibility index (Phi) is 4.31. The molecule has 0 heterocycles. The molecular weight excluding hydrogens is 190 g/mol. The third kappa shape index (κ3) is 2.80. The van der Waals surface area contributed by atoms with Crippen LogP contribution in [0.4, 0.5) is 5.69 Å². The average molecular weight is 207 g/mol. The van der Waals surface area contributed by atoms with Gasteiger partial charge in [-0.15, -0.1) is 0 Å². The van der Waals surface area contributed by atoms with Crippen LogP contribution in [0.3, 0.4) is 0 Å². The third-order valence-electron chi connectivity index (χ3n) is 2.29. The van der Waals surface area contributed by atoms with E-state index in [9.17, 15) is 4.79 Å². The summed E-state index contributed by atoms with van der Waals surface area (Å²) >= 11 is 0. The molecule has 1 aromatic rings. The van der Waals surface area contributed by atoms with Gasteiger partial charge in [0.1, 0.15) is 6.61 Å². The van der Waals surface area contributed by atoms with Crippen molar-refractivity contribution >= 4 is 11.6 Å². The lowest BCUT2D eigenvalue weighted by atomic mass is 10.2. The number of amides is 1. The van der Waals surface area contributed by atoms with Crippen LogP contribution in [0.15, 0.2) is 24.3 Å². The van der Waals surface area contributed by atoms with E-state index in [1.54, 1.807) is 4.90 Å². The second-order valence-electron chi connectivity index (χ2n) is 3.36. The highest BCUT2D eigenvalue weighted by molar-refractivity contribution is 5.94. The Morgan fingerprint density at radius 1 is 1.40 bits per heavy atom. The minimum atomic E-state index is -0.00528. The van der Waals surface area contributed by atoms with Crippen molar-refractivity contribution < 1.29 is 9.53 Å². The van der Waals surface area contributed by atoms with E-state index in [2.05, 4.69) is 0 Å². The number of rotatable bonds is 4. The predicted molar refractivity (Wildman–Crippen MR) is 61.1 cm³/mol. The summed E-state index contributed by atoms with van der Waals surface area (Å²) in [5.41, 5.74) is 2.06. The number of aryl methyl sites for hydroxylation is 1. The Balaban J connectivity index is 2.92. The lowest BCUT2D eigenvalue weighted by Gasteiger charge is -2.22. The summed E-state index contributed by atoms with van der Waals surface area (Å²) < 4.78 is 4.86. The lowest BCUT2D eigenvalue weighted by Crippen LogP contribution is -2.34. The van der Waals surface area contributed by atoms with Crippen molar-refractivity contribution in [3.63, 3.8) is 0 Å². The number of nitrogens with zero attached hydrogens (tertiary/aromatic N) is 1. The SMILES string of the molecule is CCN(C(=O)COC)c1ccccc1C. The Bertz CT molecular complexity index is 336. The zero-order valence-corrected chi connectivity index (χ0v) is 9.49. The van der Waals surface area contributed by atoms with Crippen molar-refractivity contribution in [3.05, 3.63) is 29.8 Å². The average Bonchev–Trinajstić information content (AvgIpc) is 2.22. The molecule has 1 aromatic carbocycles. The lowest BCUT2D eigenvalue weighted by molar-refractivity contribution is -0.122. The van der Waals surface area contributed by atoms with E-state index in [1.807, 2.05) is 38.1 Å². The largest absolute Gasteiger partial charge is 0.375 e. The summed E-state index contributed by atoms with van der Waals surface area (Å²) in [4.78, 5) is 13.5. The van der Waals surface area contributed by atoms with E-state index in [-0.39, 0.29) is 12.5 Å². The third-order valence-corrected chi connectivity index (χ3v) is 2.29. The van der Waals surface area contributed by atoms with Gasteiger partial charge in [0, 0.05) is 19.3 Å². The van der Waals surface area contributed by atoms with Gasteiger partial charge in [-0.25, -0.2) is 0 Å². The summed E-state index contributed by atoms with van der Waals surface area (Å²) in [5.74, 6) is -0.00528. The minimum Gasteiger partial charge on any atom is -0.375 e. The van der Waals surface area contributed by atoms with Crippen LogP contribution < -0.4 is 4.90 Å². The summed E-state index contributed by atoms with van der Waals surface area (Å²) in [5, 5.41) is 0. The van der Waals surface area contributed by atoms with E-state index in [0.717, 1.165) is 11.3 Å². The highest BCUT2D eigenvalue weighted by atomic mass is 16.5. The number of carbonyl (C=O) groups is 1. The monoisotopic (exact) mass is 207 g/mol. The number of carbonyl (C=O) groups excluding carboxylic acids is 1. The van der Waals surface area contributed by atoms with Crippen LogP contribution in [0.2, 0.25) is 0 Å². The minimum absolute atomic E-state index is 0.00528. The molecule has 0 saturated carbocycles. The zero-order chi connectivity index (χ0) is 11.3. The molecule has 0 saturated heterocycles. The molecule has 0 fully saturated rings. The molecule has 0 N–H and O–H groups in total. The van der Waals surface area contributed by atoms with Crippen LogP contribution >= 0.6 is 0 Å². The van der Waals surface area contributed by atoms with Crippen LogP contribution in [0.1, 0.15) is 12.5 Å². The number of likely N-dealkylation sites (N-methyl/N-ethyl adjacent to an activating group) is 1. The first-order valence-electron chi connectivity index (χ1n) is 5.05. The van der Waals surface area contributed by atoms with Crippen LogP contribution in [0.5, 0.6) is 0 Å². The maximum atomic E-state index is 11.7. The van der Waals surface area contributed by atoms with Gasteiger partial charge in [-0.1, -0.05) is 18.2 Å². The maximum absolute atomic E-state index is 11.7. The summed E-state index contributed by atoms with van der Waals surface area (Å²) in [6.45, 7) is 4.74. The standard InChI is InChI=1S/C12H17NO2/c1-4-13(12(14)9-15-3)11-8-6-5-7-10(11)2/h5-8H,4,9H2,1-3H3. The predicted octanol–water partition coefficient (Wildman–Crippen LogP) is 1.99. The van der Waals surface area contributed by atoms with Crippen molar-refractivity contribution in [2.75, 3.05) is 25.2 Å². The number of hydrogen-bond acceptors (Lipinski definition) is 2. The zero-order valence-electron chi connectivity index (χ0n) is 9.49. The second kappa shape index (κ2) is 5.51. The molecule has 0 bridgehead atoms. The first-order chi connectivity index (χ1) is 7.20. The fraction of sp³-hybridized carbons (Fsp3) is 0.417. The molecule has 0 aliphatic rings. The molecule has 0 spiro atoms. The Labute approximate surface area is 90.7 Å². The molecule has 0 aliphatic carbocycles. The van der Waals surface area contributed by atoms with Gasteiger partial charge in [0.05, 0.1) is 0 Å². The van der Waals surface area contributed by atoms with Crippen molar-refractivity contribution in [2.24, 2.45) is 0 Å². The number of para-hydroxylation sites is 1. The van der Waals surface area contributed by atoms with E-state index >= 15 is 0 Å². The van der Waals surface area contributed by atoms with Crippen LogP contribution in [0.25, 0.3) is 0 Å². The van der Waals surface area contributed by atoms with Crippen LogP contribution in [0, 0.1) is 6.92 Å². The highest BCUT2D eigenvalue weighted by Crippen LogP contribution is 2.19. The number of methoxy groups -OCH3 is 1. The van der Waals surface area contributed by atoms with E-state index in [0.29, 0.717) is 6.54 Å². The molecule has 15 heavy (non-hydrogen) atoms. The molecule has 82 valence electrons. The normalized spacial score (nSPS) is 10.1. The van der Waals surface area contributed by atoms with Crippen molar-refractivity contribution in [2.45, 2.75) is 13.8 Å². The molecule has 3 nitrogen and oxygen atoms in total. The molecular formula is C12H17NO2. The molecule has 0 atom stereocenters. The quantitative estimate of drug-likeness (QED) is 0.755. The highest BCUT2D eigenvalue weighted by Gasteiger charge is 2.14. The molecule has 1 rings (SSSR count). The summed E-state index contributed by atoms with van der Waals surface area (Å²) in [6, 6.07) is 7.85. The first-order valence-corrected chi connectivity index (χ1v) is 5.05. The number of ether oxygens (including phenoxy) is 1. The molecule has 0 radical (unpaired) electrons. The van der Waals surface area contributed by atoms with Crippen molar-refractivity contribution in [1.82, 2.24) is 0 Å². The molecule has 0 aliphatic heterocycles. The second-order valence-corrected chi connectivity index (χ2v) is 3.36. The van der Waals surface area contributed by atoms with Gasteiger partial charge < -0.3 is 9.64 Å². The fourth-order valence-corrected chi connectivity index (χ4v) is 1.55. The number of benzene rings is 1. The molecule has 0 unspecified atom stereocenters. The van der Waals surface area contributed by atoms with Crippen LogP contribution in [-0.2, 0) is 9.53 Å². The van der Waals surface area contributed by atoms with Gasteiger partial charge in [-0.05, 0) is 25.5 Å². The first kappa shape index (κ1) is 11.7.